The Labute approximate surface area is 301 Å². The molecule has 2 aromatic heterocycles. The molecule has 0 radical (unpaired) electrons. The summed E-state index contributed by atoms with van der Waals surface area (Å²) in [5.74, 6) is 0.950. The highest BCUT2D eigenvalue weighted by molar-refractivity contribution is 5.87. The first-order chi connectivity index (χ1) is 25.8. The number of benzene rings is 7. The van der Waals surface area contributed by atoms with E-state index in [1.807, 2.05) is 103 Å². The Kier molecular flexibility index (Phi) is 8.08. The summed E-state index contributed by atoms with van der Waals surface area (Å²) in [5.41, 5.74) is 12.5. The molecule has 246 valence electrons. The molecule has 0 spiro atoms. The summed E-state index contributed by atoms with van der Waals surface area (Å²) in [7, 11) is 0. The first-order valence-electron chi connectivity index (χ1n) is 17.1. The van der Waals surface area contributed by atoms with Crippen LogP contribution in [0.5, 0.6) is 0 Å². The monoisotopic (exact) mass is 669 g/mol. The third-order valence-corrected chi connectivity index (χ3v) is 9.07. The van der Waals surface area contributed by atoms with Gasteiger partial charge in [-0.15, -0.1) is 10.2 Å². The number of hydrogen-bond acceptors (Lipinski definition) is 6. The zero-order valence-electron chi connectivity index (χ0n) is 28.0. The summed E-state index contributed by atoms with van der Waals surface area (Å²) in [6.45, 7) is 0. The van der Waals surface area contributed by atoms with Crippen molar-refractivity contribution >= 4 is 28.1 Å². The number of anilines is 3. The molecule has 0 aliphatic heterocycles. The van der Waals surface area contributed by atoms with Gasteiger partial charge in [-0.05, 0) is 83.9 Å². The lowest BCUT2D eigenvalue weighted by Crippen LogP contribution is -2.09. The van der Waals surface area contributed by atoms with Gasteiger partial charge in [0.15, 0.2) is 0 Å². The highest BCUT2D eigenvalue weighted by Crippen LogP contribution is 2.38. The average molecular weight is 670 g/mol. The molecule has 7 aromatic carbocycles. The normalized spacial score (nSPS) is 11.1. The van der Waals surface area contributed by atoms with Gasteiger partial charge >= 0.3 is 0 Å². The molecule has 0 saturated heterocycles. The average Bonchev–Trinajstić information content (AvgIpc) is 3.73. The van der Waals surface area contributed by atoms with Crippen LogP contribution in [0.3, 0.4) is 0 Å². The van der Waals surface area contributed by atoms with Gasteiger partial charge in [0, 0.05) is 39.3 Å². The summed E-state index contributed by atoms with van der Waals surface area (Å²) < 4.78 is 6.15. The standard InChI is InChI=1S/C46H31N5O/c1-4-12-32(13-5-1)33-20-22-36(23-21-33)45-49-50-46(52-45)37-26-30-40(31-27-37)51(38-16-8-3-9-17-38)39-28-24-35(25-29-39)44-43(34-14-6-2-7-15-34)47-41-18-10-11-19-42(41)48-44/h1-31H. The van der Waals surface area contributed by atoms with Gasteiger partial charge in [-0.1, -0.05) is 115 Å². The van der Waals surface area contributed by atoms with Crippen LogP contribution >= 0.6 is 0 Å². The molecule has 0 bridgehead atoms. The van der Waals surface area contributed by atoms with Crippen LogP contribution in [0.2, 0.25) is 0 Å². The second kappa shape index (κ2) is 13.6. The predicted molar refractivity (Wildman–Crippen MR) is 209 cm³/mol. The molecular formula is C46H31N5O. The van der Waals surface area contributed by atoms with Crippen LogP contribution in [0.1, 0.15) is 0 Å². The lowest BCUT2D eigenvalue weighted by atomic mass is 10.0. The maximum absolute atomic E-state index is 6.15. The van der Waals surface area contributed by atoms with Crippen LogP contribution in [-0.2, 0) is 0 Å². The van der Waals surface area contributed by atoms with Crippen LogP contribution in [-0.4, -0.2) is 20.2 Å². The van der Waals surface area contributed by atoms with Crippen LogP contribution < -0.4 is 4.90 Å². The van der Waals surface area contributed by atoms with E-state index >= 15 is 0 Å². The molecule has 0 amide bonds. The van der Waals surface area contributed by atoms with Crippen LogP contribution in [0.25, 0.3) is 67.6 Å². The maximum Gasteiger partial charge on any atom is 0.248 e. The first-order valence-corrected chi connectivity index (χ1v) is 17.1. The lowest BCUT2D eigenvalue weighted by Gasteiger charge is -2.25. The second-order valence-corrected chi connectivity index (χ2v) is 12.4. The number of nitrogens with zero attached hydrogens (tertiary/aromatic N) is 5. The van der Waals surface area contributed by atoms with E-state index in [2.05, 4.69) is 100 Å². The van der Waals surface area contributed by atoms with E-state index in [4.69, 9.17) is 14.4 Å². The Morgan fingerprint density at radius 3 is 1.17 bits per heavy atom. The van der Waals surface area contributed by atoms with E-state index in [1.165, 1.54) is 0 Å². The van der Waals surface area contributed by atoms with Crippen molar-refractivity contribution in [2.75, 3.05) is 4.90 Å². The van der Waals surface area contributed by atoms with Gasteiger partial charge in [-0.3, -0.25) is 0 Å². The number of rotatable bonds is 8. The molecule has 52 heavy (non-hydrogen) atoms. The minimum Gasteiger partial charge on any atom is -0.416 e. The molecule has 0 aliphatic carbocycles. The van der Waals surface area contributed by atoms with Gasteiger partial charge < -0.3 is 9.32 Å². The van der Waals surface area contributed by atoms with Crippen molar-refractivity contribution in [3.05, 3.63) is 188 Å². The minimum absolute atomic E-state index is 0.468. The molecule has 0 fully saturated rings. The van der Waals surface area contributed by atoms with Crippen LogP contribution in [0.15, 0.2) is 192 Å². The summed E-state index contributed by atoms with van der Waals surface area (Å²) >= 11 is 0. The van der Waals surface area contributed by atoms with Crippen LogP contribution in [0.4, 0.5) is 17.1 Å². The molecule has 0 atom stereocenters. The molecule has 0 aliphatic rings. The first kappa shape index (κ1) is 30.8. The van der Waals surface area contributed by atoms with E-state index in [0.717, 1.165) is 72.9 Å². The smallest absolute Gasteiger partial charge is 0.248 e. The second-order valence-electron chi connectivity index (χ2n) is 12.4. The van der Waals surface area contributed by atoms with Gasteiger partial charge in [0.05, 0.1) is 22.4 Å². The quantitative estimate of drug-likeness (QED) is 0.160. The van der Waals surface area contributed by atoms with Gasteiger partial charge in [-0.2, -0.15) is 0 Å². The van der Waals surface area contributed by atoms with Crippen molar-refractivity contribution in [2.45, 2.75) is 0 Å². The highest BCUT2D eigenvalue weighted by Gasteiger charge is 2.17. The van der Waals surface area contributed by atoms with E-state index in [0.29, 0.717) is 11.8 Å². The fourth-order valence-corrected chi connectivity index (χ4v) is 6.44. The summed E-state index contributed by atoms with van der Waals surface area (Å²) in [6.07, 6.45) is 0. The molecule has 0 N–H and O–H groups in total. The molecule has 2 heterocycles. The maximum atomic E-state index is 6.15. The predicted octanol–water partition coefficient (Wildman–Crippen LogP) is 11.8. The third kappa shape index (κ3) is 6.10. The van der Waals surface area contributed by atoms with Crippen molar-refractivity contribution in [1.82, 2.24) is 20.2 Å². The van der Waals surface area contributed by atoms with Crippen molar-refractivity contribution in [1.29, 1.82) is 0 Å². The largest absolute Gasteiger partial charge is 0.416 e. The fraction of sp³-hybridized carbons (Fsp3) is 0. The zero-order valence-corrected chi connectivity index (χ0v) is 28.0. The highest BCUT2D eigenvalue weighted by atomic mass is 16.4. The number of hydrogen-bond donors (Lipinski definition) is 0. The molecule has 0 saturated carbocycles. The Balaban J connectivity index is 1.02. The van der Waals surface area contributed by atoms with Crippen molar-refractivity contribution < 1.29 is 4.42 Å². The third-order valence-electron chi connectivity index (χ3n) is 9.07. The van der Waals surface area contributed by atoms with E-state index in [-0.39, 0.29) is 0 Å². The van der Waals surface area contributed by atoms with E-state index in [9.17, 15) is 0 Å². The molecular weight excluding hydrogens is 639 g/mol. The van der Waals surface area contributed by atoms with E-state index in [1.54, 1.807) is 0 Å². The number of aromatic nitrogens is 4. The minimum atomic E-state index is 0.468. The van der Waals surface area contributed by atoms with Gasteiger partial charge in [0.2, 0.25) is 11.8 Å². The van der Waals surface area contributed by atoms with Crippen molar-refractivity contribution in [3.8, 4) is 56.6 Å². The lowest BCUT2D eigenvalue weighted by molar-refractivity contribution is 0.584. The van der Waals surface area contributed by atoms with Crippen molar-refractivity contribution in [3.63, 3.8) is 0 Å². The van der Waals surface area contributed by atoms with Gasteiger partial charge in [0.25, 0.3) is 0 Å². The Morgan fingerprint density at radius 2 is 0.654 bits per heavy atom. The molecule has 9 aromatic rings. The Bertz CT molecular complexity index is 2590. The van der Waals surface area contributed by atoms with E-state index < -0.39 is 0 Å². The van der Waals surface area contributed by atoms with Gasteiger partial charge in [0.1, 0.15) is 0 Å². The Hall–Kier alpha value is -7.18. The summed E-state index contributed by atoms with van der Waals surface area (Å²) in [6, 6.07) is 63.8. The zero-order chi connectivity index (χ0) is 34.7. The van der Waals surface area contributed by atoms with Gasteiger partial charge in [-0.25, -0.2) is 9.97 Å². The summed E-state index contributed by atoms with van der Waals surface area (Å²) in [5, 5.41) is 8.74. The number of fused-ring (bicyclic) bond motifs is 1. The SMILES string of the molecule is c1ccc(-c2ccc(-c3nnc(-c4ccc(N(c5ccccc5)c5ccc(-c6nc7ccccc7nc6-c6ccccc6)cc5)cc4)o3)cc2)cc1. The Morgan fingerprint density at radius 1 is 0.308 bits per heavy atom. The summed E-state index contributed by atoms with van der Waals surface area (Å²) in [4.78, 5) is 12.4. The molecule has 6 nitrogen and oxygen atoms in total. The number of para-hydroxylation sites is 3. The topological polar surface area (TPSA) is 67.9 Å². The van der Waals surface area contributed by atoms with Crippen LogP contribution in [0, 0.1) is 0 Å². The molecule has 6 heteroatoms. The molecule has 0 unspecified atom stereocenters. The fourth-order valence-electron chi connectivity index (χ4n) is 6.44. The van der Waals surface area contributed by atoms with Crippen molar-refractivity contribution in [2.24, 2.45) is 0 Å². The molecule has 9 rings (SSSR count).